The van der Waals surface area contributed by atoms with Crippen molar-refractivity contribution >= 4 is 17.9 Å². The highest BCUT2D eigenvalue weighted by atomic mass is 16.5. The molecule has 2 N–H and O–H groups in total. The number of nitrogens with one attached hydrogen (secondary N) is 2. The minimum Gasteiger partial charge on any atom is -0.497 e. The Bertz CT molecular complexity index is 521. The predicted molar refractivity (Wildman–Crippen MR) is 82.8 cm³/mol. The molecule has 1 aromatic rings. The van der Waals surface area contributed by atoms with Gasteiger partial charge in [-0.05, 0) is 30.7 Å². The first-order valence-electron chi connectivity index (χ1n) is 6.58. The maximum Gasteiger partial charge on any atom is 0.244 e. The smallest absolute Gasteiger partial charge is 0.244 e. The van der Waals surface area contributed by atoms with Gasteiger partial charge in [-0.1, -0.05) is 18.2 Å². The van der Waals surface area contributed by atoms with Crippen molar-refractivity contribution in [2.24, 2.45) is 0 Å². The number of amides is 2. The molecule has 0 fully saturated rings. The SMILES string of the molecule is C=CCNC(=O)C(C)NC(=O)/C=C/c1ccc(OC)cc1. The van der Waals surface area contributed by atoms with Crippen LogP contribution in [0.5, 0.6) is 5.75 Å². The van der Waals surface area contributed by atoms with Crippen molar-refractivity contribution in [3.8, 4) is 5.75 Å². The lowest BCUT2D eigenvalue weighted by molar-refractivity contribution is -0.126. The fourth-order valence-corrected chi connectivity index (χ4v) is 1.54. The summed E-state index contributed by atoms with van der Waals surface area (Å²) >= 11 is 0. The number of carbonyl (C=O) groups excluding carboxylic acids is 2. The van der Waals surface area contributed by atoms with Gasteiger partial charge in [-0.15, -0.1) is 6.58 Å². The molecule has 0 aromatic heterocycles. The van der Waals surface area contributed by atoms with Crippen LogP contribution in [-0.4, -0.2) is 31.5 Å². The van der Waals surface area contributed by atoms with E-state index in [0.717, 1.165) is 11.3 Å². The van der Waals surface area contributed by atoms with Crippen LogP contribution in [0, 0.1) is 0 Å². The van der Waals surface area contributed by atoms with Crippen LogP contribution in [0.25, 0.3) is 6.08 Å². The van der Waals surface area contributed by atoms with Crippen LogP contribution in [-0.2, 0) is 9.59 Å². The lowest BCUT2D eigenvalue weighted by Crippen LogP contribution is -2.44. The quantitative estimate of drug-likeness (QED) is 0.590. The third-order valence-corrected chi connectivity index (χ3v) is 2.72. The van der Waals surface area contributed by atoms with Crippen LogP contribution in [0.1, 0.15) is 12.5 Å². The van der Waals surface area contributed by atoms with E-state index in [4.69, 9.17) is 4.74 Å². The Hall–Kier alpha value is -2.56. The molecule has 0 saturated heterocycles. The molecule has 0 spiro atoms. The Kier molecular flexibility index (Phi) is 6.74. The Morgan fingerprint density at radius 2 is 2.00 bits per heavy atom. The van der Waals surface area contributed by atoms with Crippen LogP contribution in [0.15, 0.2) is 43.0 Å². The first-order chi connectivity index (χ1) is 10.1. The van der Waals surface area contributed by atoms with Crippen molar-refractivity contribution in [2.75, 3.05) is 13.7 Å². The van der Waals surface area contributed by atoms with Crippen LogP contribution >= 0.6 is 0 Å². The minimum atomic E-state index is -0.599. The lowest BCUT2D eigenvalue weighted by Gasteiger charge is -2.11. The number of ether oxygens (including phenoxy) is 1. The average molecular weight is 288 g/mol. The highest BCUT2D eigenvalue weighted by Crippen LogP contribution is 2.12. The number of rotatable bonds is 7. The van der Waals surface area contributed by atoms with E-state index in [9.17, 15) is 9.59 Å². The minimum absolute atomic E-state index is 0.249. The molecule has 1 atom stereocenters. The fraction of sp³-hybridized carbons (Fsp3) is 0.250. The second kappa shape index (κ2) is 8.58. The molecule has 0 aliphatic heterocycles. The van der Waals surface area contributed by atoms with Gasteiger partial charge in [0.15, 0.2) is 0 Å². The van der Waals surface area contributed by atoms with Crippen LogP contribution in [0.2, 0.25) is 0 Å². The number of carbonyl (C=O) groups is 2. The Labute approximate surface area is 124 Å². The molecule has 0 heterocycles. The molecular formula is C16H20N2O3. The fourth-order valence-electron chi connectivity index (χ4n) is 1.54. The summed E-state index contributed by atoms with van der Waals surface area (Å²) in [5.74, 6) is 0.178. The van der Waals surface area contributed by atoms with Gasteiger partial charge in [0.25, 0.3) is 0 Å². The zero-order valence-corrected chi connectivity index (χ0v) is 12.3. The van der Waals surface area contributed by atoms with E-state index in [1.54, 1.807) is 26.2 Å². The first-order valence-corrected chi connectivity index (χ1v) is 6.58. The normalized spacial score (nSPS) is 11.7. The van der Waals surface area contributed by atoms with E-state index in [1.807, 2.05) is 24.3 Å². The molecule has 0 aliphatic rings. The summed E-state index contributed by atoms with van der Waals surface area (Å²) in [5, 5.41) is 5.20. The second-order valence-electron chi connectivity index (χ2n) is 4.37. The summed E-state index contributed by atoms with van der Waals surface area (Å²) in [7, 11) is 1.59. The molecular weight excluding hydrogens is 268 g/mol. The topological polar surface area (TPSA) is 67.4 Å². The highest BCUT2D eigenvalue weighted by molar-refractivity contribution is 5.95. The van der Waals surface area contributed by atoms with Crippen LogP contribution < -0.4 is 15.4 Å². The highest BCUT2D eigenvalue weighted by Gasteiger charge is 2.12. The van der Waals surface area contributed by atoms with E-state index >= 15 is 0 Å². The van der Waals surface area contributed by atoms with Crippen molar-refractivity contribution in [3.05, 3.63) is 48.6 Å². The summed E-state index contributed by atoms with van der Waals surface area (Å²) < 4.78 is 5.05. The van der Waals surface area contributed by atoms with E-state index in [0.29, 0.717) is 6.54 Å². The zero-order valence-electron chi connectivity index (χ0n) is 12.3. The molecule has 2 amide bonds. The van der Waals surface area contributed by atoms with Crippen LogP contribution in [0.4, 0.5) is 0 Å². The predicted octanol–water partition coefficient (Wildman–Crippen LogP) is 1.52. The van der Waals surface area contributed by atoms with Gasteiger partial charge in [0.05, 0.1) is 7.11 Å². The van der Waals surface area contributed by atoms with Gasteiger partial charge < -0.3 is 15.4 Å². The number of methoxy groups -OCH3 is 1. The van der Waals surface area contributed by atoms with E-state index in [2.05, 4.69) is 17.2 Å². The Morgan fingerprint density at radius 3 is 2.57 bits per heavy atom. The van der Waals surface area contributed by atoms with Crippen LogP contribution in [0.3, 0.4) is 0 Å². The number of hydrogen-bond acceptors (Lipinski definition) is 3. The van der Waals surface area contributed by atoms with Crippen molar-refractivity contribution in [3.63, 3.8) is 0 Å². The second-order valence-corrected chi connectivity index (χ2v) is 4.37. The molecule has 0 bridgehead atoms. The van der Waals surface area contributed by atoms with Crippen molar-refractivity contribution in [2.45, 2.75) is 13.0 Å². The molecule has 5 heteroatoms. The third kappa shape index (κ3) is 5.95. The molecule has 21 heavy (non-hydrogen) atoms. The van der Waals surface area contributed by atoms with Crippen molar-refractivity contribution in [1.82, 2.24) is 10.6 Å². The van der Waals surface area contributed by atoms with Gasteiger partial charge in [-0.25, -0.2) is 0 Å². The maximum absolute atomic E-state index is 11.7. The monoisotopic (exact) mass is 288 g/mol. The Morgan fingerprint density at radius 1 is 1.33 bits per heavy atom. The molecule has 5 nitrogen and oxygen atoms in total. The number of benzene rings is 1. The maximum atomic E-state index is 11.7. The third-order valence-electron chi connectivity index (χ3n) is 2.72. The summed E-state index contributed by atoms with van der Waals surface area (Å²) in [6.07, 6.45) is 4.64. The van der Waals surface area contributed by atoms with Crippen molar-refractivity contribution < 1.29 is 14.3 Å². The molecule has 1 aromatic carbocycles. The van der Waals surface area contributed by atoms with Crippen molar-refractivity contribution in [1.29, 1.82) is 0 Å². The molecule has 0 saturated carbocycles. The summed E-state index contributed by atoms with van der Waals surface area (Å²) in [6.45, 7) is 5.50. The molecule has 1 unspecified atom stereocenters. The molecule has 1 rings (SSSR count). The average Bonchev–Trinajstić information content (AvgIpc) is 2.50. The Balaban J connectivity index is 2.49. The molecule has 112 valence electrons. The standard InChI is InChI=1S/C16H20N2O3/c1-4-11-17-16(20)12(2)18-15(19)10-7-13-5-8-14(21-3)9-6-13/h4-10,12H,1,11H2,2-3H3,(H,17,20)(H,18,19)/b10-7+. The van der Waals surface area contributed by atoms with Gasteiger partial charge in [0.1, 0.15) is 11.8 Å². The van der Waals surface area contributed by atoms with Gasteiger partial charge in [-0.3, -0.25) is 9.59 Å². The molecule has 0 aliphatic carbocycles. The van der Waals surface area contributed by atoms with Gasteiger partial charge in [0, 0.05) is 12.6 Å². The lowest BCUT2D eigenvalue weighted by atomic mass is 10.2. The van der Waals surface area contributed by atoms with E-state index in [-0.39, 0.29) is 11.8 Å². The van der Waals surface area contributed by atoms with Gasteiger partial charge >= 0.3 is 0 Å². The first kappa shape index (κ1) is 16.5. The number of hydrogen-bond donors (Lipinski definition) is 2. The van der Waals surface area contributed by atoms with E-state index < -0.39 is 6.04 Å². The summed E-state index contributed by atoms with van der Waals surface area (Å²) in [5.41, 5.74) is 0.870. The molecule has 0 radical (unpaired) electrons. The van der Waals surface area contributed by atoms with Gasteiger partial charge in [0.2, 0.25) is 11.8 Å². The van der Waals surface area contributed by atoms with Gasteiger partial charge in [-0.2, -0.15) is 0 Å². The summed E-state index contributed by atoms with van der Waals surface area (Å²) in [4.78, 5) is 23.3. The zero-order chi connectivity index (χ0) is 15.7. The summed E-state index contributed by atoms with van der Waals surface area (Å²) in [6, 6.07) is 6.69. The largest absolute Gasteiger partial charge is 0.497 e. The van der Waals surface area contributed by atoms with E-state index in [1.165, 1.54) is 6.08 Å².